The largest absolute Gasteiger partial charge is 0.383 e. The summed E-state index contributed by atoms with van der Waals surface area (Å²) in [5, 5.41) is 22.9. The minimum atomic E-state index is -0.454. The second-order valence-corrected chi connectivity index (χ2v) is 4.43. The van der Waals surface area contributed by atoms with Crippen LogP contribution in [0.15, 0.2) is 35.7 Å². The molecule has 0 bridgehead atoms. The maximum Gasteiger partial charge on any atom is 0.271 e. The number of amidine groups is 1. The van der Waals surface area contributed by atoms with E-state index in [2.05, 4.69) is 5.32 Å². The molecule has 0 aliphatic heterocycles. The van der Waals surface area contributed by atoms with Crippen LogP contribution in [0, 0.1) is 15.5 Å². The fourth-order valence-electron chi connectivity index (χ4n) is 1.47. The van der Waals surface area contributed by atoms with E-state index in [1.54, 1.807) is 23.6 Å². The van der Waals surface area contributed by atoms with Gasteiger partial charge in [0.2, 0.25) is 0 Å². The molecule has 4 N–H and O–H groups in total. The van der Waals surface area contributed by atoms with Gasteiger partial charge in [-0.2, -0.15) is 0 Å². The van der Waals surface area contributed by atoms with E-state index < -0.39 is 4.92 Å². The van der Waals surface area contributed by atoms with Gasteiger partial charge in [-0.1, -0.05) is 6.07 Å². The Balaban J connectivity index is 2.28. The Labute approximate surface area is 107 Å². The van der Waals surface area contributed by atoms with Gasteiger partial charge in [-0.15, -0.1) is 11.3 Å². The van der Waals surface area contributed by atoms with Crippen molar-refractivity contribution in [2.45, 2.75) is 0 Å². The molecule has 6 nitrogen and oxygen atoms in total. The molecule has 0 aliphatic rings. The molecule has 0 saturated heterocycles. The standard InChI is InChI=1S/C11H10N4O2S/c12-11(13)10-9(4-5-18-10)14-7-2-1-3-8(6-7)15(16)17/h1-6,14H,(H3,12,13). The van der Waals surface area contributed by atoms with Crippen molar-refractivity contribution in [1.82, 2.24) is 0 Å². The predicted octanol–water partition coefficient (Wildman–Crippen LogP) is 2.68. The van der Waals surface area contributed by atoms with E-state index in [0.29, 0.717) is 16.3 Å². The van der Waals surface area contributed by atoms with Crippen LogP contribution in [0.25, 0.3) is 0 Å². The van der Waals surface area contributed by atoms with Crippen molar-refractivity contribution in [2.24, 2.45) is 5.73 Å². The van der Waals surface area contributed by atoms with Gasteiger partial charge in [-0.25, -0.2) is 0 Å². The van der Waals surface area contributed by atoms with Crippen LogP contribution in [-0.2, 0) is 0 Å². The summed E-state index contributed by atoms with van der Waals surface area (Å²) in [5.41, 5.74) is 6.71. The second-order valence-electron chi connectivity index (χ2n) is 3.51. The lowest BCUT2D eigenvalue weighted by atomic mass is 10.2. The summed E-state index contributed by atoms with van der Waals surface area (Å²) in [4.78, 5) is 10.8. The average molecular weight is 262 g/mol. The van der Waals surface area contributed by atoms with E-state index in [1.165, 1.54) is 23.5 Å². The van der Waals surface area contributed by atoms with Gasteiger partial charge in [0.05, 0.1) is 15.5 Å². The molecule has 0 unspecified atom stereocenters. The lowest BCUT2D eigenvalue weighted by molar-refractivity contribution is -0.384. The van der Waals surface area contributed by atoms with Crippen LogP contribution >= 0.6 is 11.3 Å². The molecule has 0 fully saturated rings. The Morgan fingerprint density at radius 3 is 2.89 bits per heavy atom. The number of nitrogens with two attached hydrogens (primary N) is 1. The van der Waals surface area contributed by atoms with Gasteiger partial charge in [0, 0.05) is 17.8 Å². The first kappa shape index (κ1) is 12.1. The van der Waals surface area contributed by atoms with Crippen molar-refractivity contribution in [3.8, 4) is 0 Å². The summed E-state index contributed by atoms with van der Waals surface area (Å²) < 4.78 is 0. The number of nitro groups is 1. The van der Waals surface area contributed by atoms with E-state index in [9.17, 15) is 10.1 Å². The van der Waals surface area contributed by atoms with Gasteiger partial charge >= 0.3 is 0 Å². The average Bonchev–Trinajstić information content (AvgIpc) is 2.77. The highest BCUT2D eigenvalue weighted by atomic mass is 32.1. The smallest absolute Gasteiger partial charge is 0.271 e. The van der Waals surface area contributed by atoms with E-state index in [-0.39, 0.29) is 11.5 Å². The van der Waals surface area contributed by atoms with Crippen LogP contribution in [0.1, 0.15) is 4.88 Å². The summed E-state index contributed by atoms with van der Waals surface area (Å²) in [6.07, 6.45) is 0. The summed E-state index contributed by atoms with van der Waals surface area (Å²) in [5.74, 6) is -0.0297. The number of nitrogens with one attached hydrogen (secondary N) is 2. The lowest BCUT2D eigenvalue weighted by Gasteiger charge is -2.06. The maximum atomic E-state index is 10.7. The molecular formula is C11H10N4O2S. The van der Waals surface area contributed by atoms with Crippen molar-refractivity contribution in [2.75, 3.05) is 5.32 Å². The van der Waals surface area contributed by atoms with Crippen molar-refractivity contribution >= 4 is 34.2 Å². The van der Waals surface area contributed by atoms with E-state index in [4.69, 9.17) is 11.1 Å². The third-order valence-electron chi connectivity index (χ3n) is 2.25. The number of nitrogen functional groups attached to an aromatic ring is 1. The molecule has 0 saturated carbocycles. The van der Waals surface area contributed by atoms with E-state index in [1.807, 2.05) is 0 Å². The number of hydrogen-bond acceptors (Lipinski definition) is 5. The van der Waals surface area contributed by atoms with E-state index in [0.717, 1.165) is 0 Å². The van der Waals surface area contributed by atoms with Gasteiger partial charge in [-0.3, -0.25) is 15.5 Å². The Morgan fingerprint density at radius 1 is 1.44 bits per heavy atom. The Kier molecular flexibility index (Phi) is 3.24. The molecule has 0 amide bonds. The molecule has 1 aromatic carbocycles. The topological polar surface area (TPSA) is 105 Å². The Hall–Kier alpha value is -2.41. The van der Waals surface area contributed by atoms with Crippen LogP contribution in [0.3, 0.4) is 0 Å². The molecule has 18 heavy (non-hydrogen) atoms. The van der Waals surface area contributed by atoms with Gasteiger partial charge in [0.25, 0.3) is 5.69 Å². The van der Waals surface area contributed by atoms with Crippen LogP contribution in [0.2, 0.25) is 0 Å². The first-order valence-corrected chi connectivity index (χ1v) is 5.89. The molecular weight excluding hydrogens is 252 g/mol. The molecule has 0 aliphatic carbocycles. The summed E-state index contributed by atoms with van der Waals surface area (Å²) in [6.45, 7) is 0. The van der Waals surface area contributed by atoms with Crippen molar-refractivity contribution in [3.05, 3.63) is 50.7 Å². The van der Waals surface area contributed by atoms with Crippen molar-refractivity contribution < 1.29 is 4.92 Å². The molecule has 92 valence electrons. The van der Waals surface area contributed by atoms with Gasteiger partial charge in [0.15, 0.2) is 0 Å². The normalized spacial score (nSPS) is 10.0. The third kappa shape index (κ3) is 2.46. The minimum Gasteiger partial charge on any atom is -0.383 e. The molecule has 2 rings (SSSR count). The third-order valence-corrected chi connectivity index (χ3v) is 3.19. The zero-order valence-corrected chi connectivity index (χ0v) is 10.0. The molecule has 2 aromatic rings. The molecule has 7 heteroatoms. The first-order valence-electron chi connectivity index (χ1n) is 5.01. The fraction of sp³-hybridized carbons (Fsp3) is 0. The highest BCUT2D eigenvalue weighted by Gasteiger charge is 2.09. The Bertz CT molecular complexity index is 609. The molecule has 0 radical (unpaired) electrons. The highest BCUT2D eigenvalue weighted by molar-refractivity contribution is 7.12. The maximum absolute atomic E-state index is 10.7. The number of nitrogens with zero attached hydrogens (tertiary/aromatic N) is 1. The first-order chi connectivity index (χ1) is 8.58. The number of nitro benzene ring substituents is 1. The van der Waals surface area contributed by atoms with Crippen molar-refractivity contribution in [1.29, 1.82) is 5.41 Å². The minimum absolute atomic E-state index is 0.0135. The van der Waals surface area contributed by atoms with Crippen LogP contribution < -0.4 is 11.1 Å². The number of anilines is 2. The van der Waals surface area contributed by atoms with Crippen LogP contribution in [0.5, 0.6) is 0 Å². The highest BCUT2D eigenvalue weighted by Crippen LogP contribution is 2.27. The molecule has 1 aromatic heterocycles. The summed E-state index contributed by atoms with van der Waals surface area (Å²) >= 11 is 1.34. The molecule has 0 spiro atoms. The number of hydrogen-bond donors (Lipinski definition) is 3. The fourth-order valence-corrected chi connectivity index (χ4v) is 2.18. The van der Waals surface area contributed by atoms with Gasteiger partial charge in [0.1, 0.15) is 5.84 Å². The Morgan fingerprint density at radius 2 is 2.22 bits per heavy atom. The number of thiophene rings is 1. The SMILES string of the molecule is N=C(N)c1sccc1Nc1cccc([N+](=O)[O-])c1. The lowest BCUT2D eigenvalue weighted by Crippen LogP contribution is -2.10. The number of non-ortho nitro benzene ring substituents is 1. The zero-order chi connectivity index (χ0) is 13.1. The number of benzene rings is 1. The quantitative estimate of drug-likeness (QED) is 0.341. The van der Waals surface area contributed by atoms with Crippen LogP contribution in [0.4, 0.5) is 17.1 Å². The second kappa shape index (κ2) is 4.84. The van der Waals surface area contributed by atoms with Gasteiger partial charge < -0.3 is 11.1 Å². The van der Waals surface area contributed by atoms with E-state index >= 15 is 0 Å². The monoisotopic (exact) mass is 262 g/mol. The predicted molar refractivity (Wildman–Crippen MR) is 71.7 cm³/mol. The molecule has 1 heterocycles. The van der Waals surface area contributed by atoms with Crippen LogP contribution in [-0.4, -0.2) is 10.8 Å². The summed E-state index contributed by atoms with van der Waals surface area (Å²) in [6, 6.07) is 7.95. The molecule has 0 atom stereocenters. The summed E-state index contributed by atoms with van der Waals surface area (Å²) in [7, 11) is 0. The van der Waals surface area contributed by atoms with Gasteiger partial charge in [-0.05, 0) is 17.5 Å². The zero-order valence-electron chi connectivity index (χ0n) is 9.21. The number of rotatable bonds is 4. The van der Waals surface area contributed by atoms with Crippen molar-refractivity contribution in [3.63, 3.8) is 0 Å².